The first-order chi connectivity index (χ1) is 16.3. The molecule has 0 saturated carbocycles. The van der Waals surface area contributed by atoms with E-state index in [2.05, 4.69) is 61.9 Å². The minimum atomic E-state index is 0. The molecule has 0 aliphatic carbocycles. The van der Waals surface area contributed by atoms with Crippen molar-refractivity contribution in [3.63, 3.8) is 0 Å². The van der Waals surface area contributed by atoms with Crippen molar-refractivity contribution in [2.75, 3.05) is 33.3 Å². The van der Waals surface area contributed by atoms with E-state index in [1.54, 1.807) is 7.11 Å². The van der Waals surface area contributed by atoms with E-state index in [9.17, 15) is 0 Å². The van der Waals surface area contributed by atoms with E-state index < -0.39 is 0 Å². The smallest absolute Gasteiger partial charge is 0.191 e. The Hall–Kier alpha value is -2.66. The zero-order valence-corrected chi connectivity index (χ0v) is 22.2. The largest absolute Gasteiger partial charge is 0.497 e. The number of aliphatic imine (C=N–C) groups is 1. The van der Waals surface area contributed by atoms with Crippen molar-refractivity contribution in [2.45, 2.75) is 32.4 Å². The number of H-pyrrole nitrogens is 1. The lowest BCUT2D eigenvalue weighted by Crippen LogP contribution is -2.42. The Kier molecular flexibility index (Phi) is 10.1. The van der Waals surface area contributed by atoms with Crippen molar-refractivity contribution in [3.8, 4) is 17.1 Å². The predicted octanol–water partition coefficient (Wildman–Crippen LogP) is 3.99. The highest BCUT2D eigenvalue weighted by atomic mass is 127. The number of guanidine groups is 1. The summed E-state index contributed by atoms with van der Waals surface area (Å²) in [7, 11) is 1.70. The average Bonchev–Trinajstić information content (AvgIpc) is 3.58. The summed E-state index contributed by atoms with van der Waals surface area (Å²) in [6, 6.07) is 16.9. The highest BCUT2D eigenvalue weighted by Crippen LogP contribution is 2.26. The fourth-order valence-electron chi connectivity index (χ4n) is 4.20. The number of halogens is 1. The first kappa shape index (κ1) is 26.0. The summed E-state index contributed by atoms with van der Waals surface area (Å²) in [5.41, 5.74) is 3.42. The molecule has 4 rings (SSSR count). The van der Waals surface area contributed by atoms with Gasteiger partial charge in [0.1, 0.15) is 12.1 Å². The maximum atomic E-state index is 5.34. The van der Waals surface area contributed by atoms with Crippen molar-refractivity contribution < 1.29 is 4.74 Å². The quantitative estimate of drug-likeness (QED) is 0.203. The van der Waals surface area contributed by atoms with Crippen LogP contribution in [0.3, 0.4) is 0 Å². The number of likely N-dealkylation sites (tertiary alicyclic amines) is 1. The zero-order chi connectivity index (χ0) is 22.9. The summed E-state index contributed by atoms with van der Waals surface area (Å²) in [5, 5.41) is 13.8. The van der Waals surface area contributed by atoms with Gasteiger partial charge in [0, 0.05) is 18.7 Å². The second-order valence-electron chi connectivity index (χ2n) is 8.14. The van der Waals surface area contributed by atoms with Gasteiger partial charge in [0.2, 0.25) is 0 Å². The average molecular weight is 575 g/mol. The molecule has 1 fully saturated rings. The molecular weight excluding hydrogens is 541 g/mol. The Morgan fingerprint density at radius 1 is 1.15 bits per heavy atom. The number of methoxy groups -OCH3 is 1. The summed E-state index contributed by atoms with van der Waals surface area (Å²) in [6.45, 7) is 6.51. The van der Waals surface area contributed by atoms with E-state index in [0.29, 0.717) is 6.54 Å². The predicted molar refractivity (Wildman–Crippen MR) is 147 cm³/mol. The Labute approximate surface area is 218 Å². The lowest BCUT2D eigenvalue weighted by atomic mass is 10.1. The highest BCUT2D eigenvalue weighted by molar-refractivity contribution is 14.0. The third-order valence-electron chi connectivity index (χ3n) is 5.92. The molecule has 0 radical (unpaired) electrons. The fraction of sp³-hybridized carbons (Fsp3) is 0.400. The number of hydrogen-bond acceptors (Lipinski definition) is 5. The number of nitrogens with one attached hydrogen (secondary N) is 3. The number of aromatic amines is 1. The van der Waals surface area contributed by atoms with Gasteiger partial charge in [-0.25, -0.2) is 9.98 Å². The molecule has 8 nitrogen and oxygen atoms in total. The SMILES string of the molecule is CCNC(=NCc1cccc(-c2ncn[nH]2)c1)NCC(c1ccc(OC)cc1)N1CCCC1.I. The molecule has 3 aromatic rings. The van der Waals surface area contributed by atoms with E-state index >= 15 is 0 Å². The van der Waals surface area contributed by atoms with Crippen LogP contribution in [-0.2, 0) is 6.54 Å². The van der Waals surface area contributed by atoms with Crippen LogP contribution >= 0.6 is 24.0 Å². The molecule has 2 heterocycles. The van der Waals surface area contributed by atoms with Crippen LogP contribution in [0.1, 0.15) is 36.9 Å². The van der Waals surface area contributed by atoms with Crippen LogP contribution in [-0.4, -0.2) is 59.3 Å². The first-order valence-corrected chi connectivity index (χ1v) is 11.6. The summed E-state index contributed by atoms with van der Waals surface area (Å²) in [4.78, 5) is 11.6. The van der Waals surface area contributed by atoms with Gasteiger partial charge in [-0.3, -0.25) is 10.00 Å². The number of hydrogen-bond donors (Lipinski definition) is 3. The molecule has 34 heavy (non-hydrogen) atoms. The van der Waals surface area contributed by atoms with Crippen LogP contribution in [0.4, 0.5) is 0 Å². The van der Waals surface area contributed by atoms with E-state index in [1.165, 1.54) is 24.7 Å². The Morgan fingerprint density at radius 3 is 2.62 bits per heavy atom. The lowest BCUT2D eigenvalue weighted by molar-refractivity contribution is 0.245. The van der Waals surface area contributed by atoms with Crippen molar-refractivity contribution in [3.05, 3.63) is 66.0 Å². The zero-order valence-electron chi connectivity index (χ0n) is 19.8. The molecule has 0 bridgehead atoms. The van der Waals surface area contributed by atoms with Crippen LogP contribution in [0.25, 0.3) is 11.4 Å². The summed E-state index contributed by atoms with van der Waals surface area (Å²) in [5.74, 6) is 2.47. The monoisotopic (exact) mass is 575 g/mol. The van der Waals surface area contributed by atoms with E-state index in [1.807, 2.05) is 24.3 Å². The number of nitrogens with zero attached hydrogens (tertiary/aromatic N) is 4. The number of ether oxygens (including phenoxy) is 1. The lowest BCUT2D eigenvalue weighted by Gasteiger charge is -2.29. The Balaban J connectivity index is 0.00000324. The molecule has 0 spiro atoms. The summed E-state index contributed by atoms with van der Waals surface area (Å²) >= 11 is 0. The first-order valence-electron chi connectivity index (χ1n) is 11.6. The third-order valence-corrected chi connectivity index (χ3v) is 5.92. The van der Waals surface area contributed by atoms with Gasteiger partial charge in [-0.2, -0.15) is 5.10 Å². The van der Waals surface area contributed by atoms with Gasteiger partial charge < -0.3 is 15.4 Å². The molecule has 1 aromatic heterocycles. The van der Waals surface area contributed by atoms with E-state index in [-0.39, 0.29) is 30.0 Å². The van der Waals surface area contributed by atoms with Gasteiger partial charge in [-0.1, -0.05) is 30.3 Å². The van der Waals surface area contributed by atoms with Crippen LogP contribution in [0.15, 0.2) is 59.9 Å². The van der Waals surface area contributed by atoms with Crippen LogP contribution in [0.2, 0.25) is 0 Å². The molecule has 1 saturated heterocycles. The topological polar surface area (TPSA) is 90.5 Å². The van der Waals surface area contributed by atoms with E-state index in [4.69, 9.17) is 9.73 Å². The molecule has 182 valence electrons. The number of rotatable bonds is 9. The van der Waals surface area contributed by atoms with Gasteiger partial charge in [-0.05, 0) is 62.2 Å². The maximum Gasteiger partial charge on any atom is 0.191 e. The van der Waals surface area contributed by atoms with Gasteiger partial charge in [0.15, 0.2) is 11.8 Å². The van der Waals surface area contributed by atoms with Crippen molar-refractivity contribution >= 4 is 29.9 Å². The van der Waals surface area contributed by atoms with Crippen LogP contribution in [0, 0.1) is 0 Å². The third kappa shape index (κ3) is 6.92. The Morgan fingerprint density at radius 2 is 1.94 bits per heavy atom. The molecule has 0 amide bonds. The minimum absolute atomic E-state index is 0. The number of aromatic nitrogens is 3. The molecule has 1 atom stereocenters. The van der Waals surface area contributed by atoms with Gasteiger partial charge >= 0.3 is 0 Å². The maximum absolute atomic E-state index is 5.34. The fourth-order valence-corrected chi connectivity index (χ4v) is 4.20. The van der Waals surface area contributed by atoms with Gasteiger partial charge in [-0.15, -0.1) is 24.0 Å². The normalized spacial score (nSPS) is 14.9. The molecule has 9 heteroatoms. The second-order valence-corrected chi connectivity index (χ2v) is 8.14. The molecule has 3 N–H and O–H groups in total. The number of benzene rings is 2. The van der Waals surface area contributed by atoms with Crippen LogP contribution < -0.4 is 15.4 Å². The summed E-state index contributed by atoms with van der Waals surface area (Å²) in [6.07, 6.45) is 4.03. The highest BCUT2D eigenvalue weighted by Gasteiger charge is 2.23. The standard InChI is InChI=1S/C25H33N7O.HI/c1-3-26-25(27-16-19-7-6-8-21(15-19)24-29-18-30-31-24)28-17-23(32-13-4-5-14-32)20-9-11-22(33-2)12-10-20;/h6-12,15,18,23H,3-5,13-14,16-17H2,1-2H3,(H2,26,27,28)(H,29,30,31);1H. The molecule has 1 aliphatic rings. The molecule has 2 aromatic carbocycles. The minimum Gasteiger partial charge on any atom is -0.497 e. The van der Waals surface area contributed by atoms with Crippen molar-refractivity contribution in [2.24, 2.45) is 4.99 Å². The Bertz CT molecular complexity index is 1020. The van der Waals surface area contributed by atoms with Gasteiger partial charge in [0.05, 0.1) is 19.7 Å². The molecule has 1 aliphatic heterocycles. The van der Waals surface area contributed by atoms with Crippen molar-refractivity contribution in [1.29, 1.82) is 0 Å². The summed E-state index contributed by atoms with van der Waals surface area (Å²) < 4.78 is 5.34. The van der Waals surface area contributed by atoms with E-state index in [0.717, 1.165) is 54.8 Å². The van der Waals surface area contributed by atoms with Crippen LogP contribution in [0.5, 0.6) is 5.75 Å². The van der Waals surface area contributed by atoms with Crippen molar-refractivity contribution in [1.82, 2.24) is 30.7 Å². The second kappa shape index (κ2) is 13.3. The molecular formula is C25H34IN7O. The molecule has 1 unspecified atom stereocenters. The van der Waals surface area contributed by atoms with Gasteiger partial charge in [0.25, 0.3) is 0 Å².